The second kappa shape index (κ2) is 8.45. The summed E-state index contributed by atoms with van der Waals surface area (Å²) < 4.78 is 20.3. The molecule has 6 nitrogen and oxygen atoms in total. The van der Waals surface area contributed by atoms with Gasteiger partial charge in [-0.25, -0.2) is 4.39 Å². The molecular weight excluding hydrogens is 491 g/mol. The summed E-state index contributed by atoms with van der Waals surface area (Å²) in [5, 5.41) is 4.25. The zero-order valence-electron chi connectivity index (χ0n) is 23.2. The lowest BCUT2D eigenvalue weighted by atomic mass is 9.41. The summed E-state index contributed by atoms with van der Waals surface area (Å²) in [5.41, 5.74) is 2.34. The predicted molar refractivity (Wildman–Crippen MR) is 147 cm³/mol. The van der Waals surface area contributed by atoms with Gasteiger partial charge in [0.1, 0.15) is 5.67 Å². The number of aryl methyl sites for hydroxylation is 1. The number of carbonyl (C=O) groups excluding carboxylic acids is 1. The molecule has 0 atom stereocenters. The number of pyridine rings is 1. The van der Waals surface area contributed by atoms with E-state index in [9.17, 15) is 9.18 Å². The van der Waals surface area contributed by atoms with Crippen LogP contribution in [0.5, 0.6) is 0 Å². The lowest BCUT2D eigenvalue weighted by molar-refractivity contribution is -0.211. The third-order valence-electron chi connectivity index (χ3n) is 10.4. The second-order valence-electron chi connectivity index (χ2n) is 13.5. The Hall–Kier alpha value is -3.09. The van der Waals surface area contributed by atoms with Gasteiger partial charge in [-0.3, -0.25) is 9.78 Å². The van der Waals surface area contributed by atoms with Crippen molar-refractivity contribution in [2.75, 3.05) is 11.4 Å². The Bertz CT molecular complexity index is 1380. The number of hydrogen-bond acceptors (Lipinski definition) is 5. The van der Waals surface area contributed by atoms with Gasteiger partial charge in [0.25, 0.3) is 0 Å². The molecule has 6 aliphatic carbocycles. The van der Waals surface area contributed by atoms with Crippen LogP contribution in [0.15, 0.2) is 47.1 Å². The maximum absolute atomic E-state index is 14.5. The minimum absolute atomic E-state index is 0.0381. The molecule has 9 rings (SSSR count). The van der Waals surface area contributed by atoms with Gasteiger partial charge in [-0.15, -0.1) is 0 Å². The maximum Gasteiger partial charge on any atom is 0.233 e. The maximum atomic E-state index is 14.5. The molecule has 1 amide bonds. The topological polar surface area (TPSA) is 72.1 Å². The van der Waals surface area contributed by atoms with E-state index in [0.717, 1.165) is 72.7 Å². The molecule has 3 aromatic rings. The van der Waals surface area contributed by atoms with Crippen molar-refractivity contribution in [3.63, 3.8) is 0 Å². The van der Waals surface area contributed by atoms with Crippen LogP contribution in [0.3, 0.4) is 0 Å². The molecule has 6 aliphatic rings. The number of halogens is 1. The Morgan fingerprint density at radius 1 is 1.03 bits per heavy atom. The van der Waals surface area contributed by atoms with E-state index < -0.39 is 11.1 Å². The minimum atomic E-state index is -1.11. The molecule has 1 aromatic carbocycles. The SMILES string of the molecule is Cc1ccc(-c2cccc(N(CC34CCC(c5nc(C(C)C)no5)(CC3)CC4)C(=O)C34CC(F)(C3)C4)c2)cn1. The van der Waals surface area contributed by atoms with Gasteiger partial charge in [0.15, 0.2) is 5.82 Å². The molecule has 0 N–H and O–H groups in total. The first-order valence-corrected chi connectivity index (χ1v) is 14.5. The zero-order valence-corrected chi connectivity index (χ0v) is 23.2. The third-order valence-corrected chi connectivity index (χ3v) is 10.4. The van der Waals surface area contributed by atoms with Crippen LogP contribution >= 0.6 is 0 Å². The van der Waals surface area contributed by atoms with E-state index in [1.54, 1.807) is 0 Å². The number of fused-ring (bicyclic) bond motifs is 3. The molecule has 0 unspecified atom stereocenters. The van der Waals surface area contributed by atoms with E-state index in [1.165, 1.54) is 0 Å². The van der Waals surface area contributed by atoms with E-state index >= 15 is 0 Å². The Morgan fingerprint density at radius 3 is 2.33 bits per heavy atom. The molecule has 0 saturated heterocycles. The van der Waals surface area contributed by atoms with Crippen LogP contribution < -0.4 is 4.90 Å². The van der Waals surface area contributed by atoms with Gasteiger partial charge in [-0.1, -0.05) is 37.2 Å². The molecule has 0 radical (unpaired) electrons. The summed E-state index contributed by atoms with van der Waals surface area (Å²) in [5.74, 6) is 1.94. The van der Waals surface area contributed by atoms with Gasteiger partial charge in [0, 0.05) is 41.0 Å². The van der Waals surface area contributed by atoms with Crippen molar-refractivity contribution in [1.29, 1.82) is 0 Å². The van der Waals surface area contributed by atoms with Crippen molar-refractivity contribution in [1.82, 2.24) is 15.1 Å². The van der Waals surface area contributed by atoms with Crippen molar-refractivity contribution in [2.24, 2.45) is 10.8 Å². The summed E-state index contributed by atoms with van der Waals surface area (Å²) in [6.45, 7) is 6.84. The van der Waals surface area contributed by atoms with Crippen molar-refractivity contribution in [3.8, 4) is 11.1 Å². The number of rotatable bonds is 7. The van der Waals surface area contributed by atoms with Crippen LogP contribution in [-0.2, 0) is 10.2 Å². The first-order chi connectivity index (χ1) is 18.6. The number of nitrogens with zero attached hydrogens (tertiary/aromatic N) is 4. The van der Waals surface area contributed by atoms with Gasteiger partial charge in [-0.05, 0) is 93.9 Å². The first kappa shape index (κ1) is 24.9. The molecule has 0 spiro atoms. The van der Waals surface area contributed by atoms with Crippen molar-refractivity contribution in [3.05, 3.63) is 60.0 Å². The van der Waals surface area contributed by atoms with Crippen LogP contribution in [0.4, 0.5) is 10.1 Å². The van der Waals surface area contributed by atoms with Crippen LogP contribution in [0.25, 0.3) is 11.1 Å². The largest absolute Gasteiger partial charge is 0.339 e. The number of carbonyl (C=O) groups is 1. The Kier molecular flexibility index (Phi) is 5.40. The van der Waals surface area contributed by atoms with E-state index in [4.69, 9.17) is 9.51 Å². The third kappa shape index (κ3) is 3.94. The van der Waals surface area contributed by atoms with E-state index in [0.29, 0.717) is 25.8 Å². The molecule has 0 aliphatic heterocycles. The molecule has 204 valence electrons. The first-order valence-electron chi connectivity index (χ1n) is 14.5. The summed E-state index contributed by atoms with van der Waals surface area (Å²) >= 11 is 0. The van der Waals surface area contributed by atoms with Crippen LogP contribution in [-0.4, -0.2) is 33.2 Å². The quantitative estimate of drug-likeness (QED) is 0.328. The zero-order chi connectivity index (χ0) is 27.0. The number of hydrogen-bond donors (Lipinski definition) is 0. The number of alkyl halides is 1. The highest BCUT2D eigenvalue weighted by molar-refractivity contribution is 6.00. The Labute approximate surface area is 229 Å². The lowest BCUT2D eigenvalue weighted by Crippen LogP contribution is -2.71. The van der Waals surface area contributed by atoms with Gasteiger partial charge in [-0.2, -0.15) is 4.98 Å². The second-order valence-corrected chi connectivity index (χ2v) is 13.5. The van der Waals surface area contributed by atoms with Gasteiger partial charge < -0.3 is 9.42 Å². The molecule has 6 fully saturated rings. The van der Waals surface area contributed by atoms with Crippen LogP contribution in [0, 0.1) is 17.8 Å². The van der Waals surface area contributed by atoms with Gasteiger partial charge >= 0.3 is 0 Å². The fourth-order valence-electron chi connectivity index (χ4n) is 7.79. The van der Waals surface area contributed by atoms with Gasteiger partial charge in [0.05, 0.1) is 5.41 Å². The highest BCUT2D eigenvalue weighted by Crippen LogP contribution is 2.70. The van der Waals surface area contributed by atoms with Crippen molar-refractivity contribution in [2.45, 2.75) is 95.6 Å². The fourth-order valence-corrected chi connectivity index (χ4v) is 7.79. The normalized spacial score (nSPS) is 32.5. The number of benzene rings is 1. The number of aromatic nitrogens is 3. The predicted octanol–water partition coefficient (Wildman–Crippen LogP) is 7.08. The summed E-state index contributed by atoms with van der Waals surface area (Å²) in [4.78, 5) is 25.4. The summed E-state index contributed by atoms with van der Waals surface area (Å²) in [6.07, 6.45) is 9.10. The molecule has 6 saturated carbocycles. The van der Waals surface area contributed by atoms with E-state index in [-0.39, 0.29) is 22.7 Å². The lowest BCUT2D eigenvalue weighted by Gasteiger charge is -2.65. The molecule has 2 aromatic heterocycles. The Balaban J connectivity index is 1.17. The number of anilines is 1. The smallest absolute Gasteiger partial charge is 0.233 e. The van der Waals surface area contributed by atoms with Crippen LogP contribution in [0.2, 0.25) is 0 Å². The standard InChI is InChI=1S/C32H37FN4O2/c1-21(2)26-35-27(39-36-26)30-12-9-29(10-13-30,11-14-30)20-37(28(38)31-17-32(33,18-31)19-31)25-6-4-5-23(15-25)24-8-7-22(3)34-16-24/h4-8,15-16,21H,9-14,17-20H2,1-3H3. The molecule has 39 heavy (non-hydrogen) atoms. The fraction of sp³-hybridized carbons (Fsp3) is 0.562. The molecule has 7 heteroatoms. The van der Waals surface area contributed by atoms with Crippen molar-refractivity contribution >= 4 is 11.6 Å². The van der Waals surface area contributed by atoms with E-state index in [2.05, 4.69) is 42.2 Å². The Morgan fingerprint density at radius 2 is 1.74 bits per heavy atom. The van der Waals surface area contributed by atoms with Crippen LogP contribution in [0.1, 0.15) is 95.0 Å². The molecule has 4 bridgehead atoms. The minimum Gasteiger partial charge on any atom is -0.339 e. The number of amides is 1. The van der Waals surface area contributed by atoms with Gasteiger partial charge in [0.2, 0.25) is 11.8 Å². The average Bonchev–Trinajstić information content (AvgIpc) is 3.43. The average molecular weight is 529 g/mol. The summed E-state index contributed by atoms with van der Waals surface area (Å²) in [7, 11) is 0. The molecule has 2 heterocycles. The summed E-state index contributed by atoms with van der Waals surface area (Å²) in [6, 6.07) is 12.3. The molecular formula is C32H37FN4O2. The van der Waals surface area contributed by atoms with E-state index in [1.807, 2.05) is 36.2 Å². The van der Waals surface area contributed by atoms with Crippen molar-refractivity contribution < 1.29 is 13.7 Å². The highest BCUT2D eigenvalue weighted by atomic mass is 19.1. The highest BCUT2D eigenvalue weighted by Gasteiger charge is 2.73. The monoisotopic (exact) mass is 528 g/mol.